The molecule has 0 bridgehead atoms. The third-order valence-electron chi connectivity index (χ3n) is 2.66. The van der Waals surface area contributed by atoms with Gasteiger partial charge in [0, 0.05) is 4.47 Å². The number of hydrogen-bond donors (Lipinski definition) is 1. The predicted molar refractivity (Wildman–Crippen MR) is 70.2 cm³/mol. The highest BCUT2D eigenvalue weighted by molar-refractivity contribution is 9.10. The van der Waals surface area contributed by atoms with Crippen LogP contribution in [-0.4, -0.2) is 5.11 Å². The van der Waals surface area contributed by atoms with Crippen molar-refractivity contribution in [3.8, 4) is 11.1 Å². The van der Waals surface area contributed by atoms with Crippen molar-refractivity contribution in [1.82, 2.24) is 0 Å². The molecule has 2 aromatic carbocycles. The Labute approximate surface area is 104 Å². The van der Waals surface area contributed by atoms with Crippen LogP contribution in [0.3, 0.4) is 0 Å². The van der Waals surface area contributed by atoms with Crippen molar-refractivity contribution in [3.63, 3.8) is 0 Å². The summed E-state index contributed by atoms with van der Waals surface area (Å²) in [5.74, 6) is 0. The maximum Gasteiger partial charge on any atom is 0.0687 e. The zero-order valence-corrected chi connectivity index (χ0v) is 10.7. The summed E-state index contributed by atoms with van der Waals surface area (Å²) >= 11 is 3.49. The van der Waals surface area contributed by atoms with E-state index >= 15 is 0 Å². The van der Waals surface area contributed by atoms with E-state index in [9.17, 15) is 5.11 Å². The molecule has 2 rings (SSSR count). The van der Waals surface area contributed by atoms with E-state index in [1.165, 1.54) is 5.56 Å². The molecule has 0 aliphatic rings. The summed E-state index contributed by atoms with van der Waals surface area (Å²) in [5, 5.41) is 9.29. The van der Waals surface area contributed by atoms with Crippen LogP contribution < -0.4 is 0 Å². The molecular weight excluding hydrogens is 264 g/mol. The molecule has 2 heteroatoms. The van der Waals surface area contributed by atoms with Gasteiger partial charge in [-0.15, -0.1) is 0 Å². The second-order valence-electron chi connectivity index (χ2n) is 3.78. The van der Waals surface area contributed by atoms with Crippen molar-refractivity contribution in [1.29, 1.82) is 0 Å². The van der Waals surface area contributed by atoms with Crippen LogP contribution >= 0.6 is 15.9 Å². The number of aryl methyl sites for hydroxylation is 1. The molecule has 0 radical (unpaired) electrons. The van der Waals surface area contributed by atoms with E-state index in [0.29, 0.717) is 0 Å². The molecule has 0 fully saturated rings. The third kappa shape index (κ3) is 2.18. The molecule has 0 unspecified atom stereocenters. The summed E-state index contributed by atoms with van der Waals surface area (Å²) in [5.41, 5.74) is 4.40. The average molecular weight is 277 g/mol. The van der Waals surface area contributed by atoms with Gasteiger partial charge in [-0.1, -0.05) is 52.3 Å². The first-order valence-corrected chi connectivity index (χ1v) is 5.97. The Morgan fingerprint density at radius 3 is 2.56 bits per heavy atom. The van der Waals surface area contributed by atoms with Gasteiger partial charge < -0.3 is 5.11 Å². The molecule has 82 valence electrons. The maximum absolute atomic E-state index is 9.29. The standard InChI is InChI=1S/C14H13BrO/c1-10-8-11(6-7-14(10)15)13-5-3-2-4-12(13)9-16/h2-8,16H,9H2,1H3. The minimum atomic E-state index is 0.0747. The Morgan fingerprint density at radius 2 is 1.88 bits per heavy atom. The first-order chi connectivity index (χ1) is 7.72. The van der Waals surface area contributed by atoms with Gasteiger partial charge in [0.05, 0.1) is 6.61 Å². The van der Waals surface area contributed by atoms with Crippen LogP contribution in [-0.2, 0) is 6.61 Å². The van der Waals surface area contributed by atoms with Crippen molar-refractivity contribution in [3.05, 3.63) is 58.1 Å². The molecule has 0 amide bonds. The van der Waals surface area contributed by atoms with Crippen LogP contribution in [0.2, 0.25) is 0 Å². The average Bonchev–Trinajstić information content (AvgIpc) is 2.32. The fraction of sp³-hybridized carbons (Fsp3) is 0.143. The van der Waals surface area contributed by atoms with Crippen molar-refractivity contribution in [2.75, 3.05) is 0 Å². The number of rotatable bonds is 2. The van der Waals surface area contributed by atoms with E-state index in [4.69, 9.17) is 0 Å². The number of halogens is 1. The summed E-state index contributed by atoms with van der Waals surface area (Å²) in [7, 11) is 0. The summed E-state index contributed by atoms with van der Waals surface area (Å²) in [6, 6.07) is 14.1. The van der Waals surface area contributed by atoms with Gasteiger partial charge >= 0.3 is 0 Å². The Kier molecular flexibility index (Phi) is 3.42. The van der Waals surface area contributed by atoms with E-state index in [1.807, 2.05) is 30.3 Å². The monoisotopic (exact) mass is 276 g/mol. The van der Waals surface area contributed by atoms with Gasteiger partial charge in [-0.3, -0.25) is 0 Å². The lowest BCUT2D eigenvalue weighted by Gasteiger charge is -2.08. The lowest BCUT2D eigenvalue weighted by Crippen LogP contribution is -1.89. The minimum absolute atomic E-state index is 0.0747. The first kappa shape index (κ1) is 11.4. The number of aliphatic hydroxyl groups is 1. The second-order valence-corrected chi connectivity index (χ2v) is 4.63. The third-order valence-corrected chi connectivity index (χ3v) is 3.55. The van der Waals surface area contributed by atoms with Crippen LogP contribution in [0.5, 0.6) is 0 Å². The predicted octanol–water partition coefficient (Wildman–Crippen LogP) is 3.92. The minimum Gasteiger partial charge on any atom is -0.392 e. The Balaban J connectivity index is 2.54. The molecule has 0 saturated carbocycles. The lowest BCUT2D eigenvalue weighted by atomic mass is 9.99. The molecule has 0 heterocycles. The van der Waals surface area contributed by atoms with Gasteiger partial charge in [0.15, 0.2) is 0 Å². The van der Waals surface area contributed by atoms with Gasteiger partial charge in [-0.2, -0.15) is 0 Å². The molecule has 0 aliphatic heterocycles. The SMILES string of the molecule is Cc1cc(-c2ccccc2CO)ccc1Br. The highest BCUT2D eigenvalue weighted by atomic mass is 79.9. The molecule has 0 aliphatic carbocycles. The molecule has 0 saturated heterocycles. The number of benzene rings is 2. The summed E-state index contributed by atoms with van der Waals surface area (Å²) in [4.78, 5) is 0. The maximum atomic E-state index is 9.29. The van der Waals surface area contributed by atoms with E-state index in [1.54, 1.807) is 0 Å². The molecule has 1 nitrogen and oxygen atoms in total. The molecule has 0 atom stereocenters. The summed E-state index contributed by atoms with van der Waals surface area (Å²) in [6.07, 6.45) is 0. The molecule has 1 N–H and O–H groups in total. The largest absolute Gasteiger partial charge is 0.392 e. The van der Waals surface area contributed by atoms with Crippen LogP contribution in [0.25, 0.3) is 11.1 Å². The van der Waals surface area contributed by atoms with Gasteiger partial charge in [0.2, 0.25) is 0 Å². The lowest BCUT2D eigenvalue weighted by molar-refractivity contribution is 0.282. The van der Waals surface area contributed by atoms with Gasteiger partial charge in [0.1, 0.15) is 0 Å². The van der Waals surface area contributed by atoms with Crippen molar-refractivity contribution in [2.24, 2.45) is 0 Å². The van der Waals surface area contributed by atoms with E-state index in [2.05, 4.69) is 35.0 Å². The van der Waals surface area contributed by atoms with Gasteiger partial charge in [-0.05, 0) is 35.2 Å². The number of hydrogen-bond acceptors (Lipinski definition) is 1. The molecular formula is C14H13BrO. The number of aliphatic hydroxyl groups excluding tert-OH is 1. The van der Waals surface area contributed by atoms with Crippen molar-refractivity contribution in [2.45, 2.75) is 13.5 Å². The first-order valence-electron chi connectivity index (χ1n) is 5.17. The zero-order valence-electron chi connectivity index (χ0n) is 9.07. The van der Waals surface area contributed by atoms with E-state index in [0.717, 1.165) is 21.2 Å². The fourth-order valence-corrected chi connectivity index (χ4v) is 2.00. The Morgan fingerprint density at radius 1 is 1.12 bits per heavy atom. The summed E-state index contributed by atoms with van der Waals surface area (Å²) < 4.78 is 1.11. The molecule has 2 aromatic rings. The smallest absolute Gasteiger partial charge is 0.0687 e. The van der Waals surface area contributed by atoms with Crippen LogP contribution in [0.1, 0.15) is 11.1 Å². The van der Waals surface area contributed by atoms with Crippen LogP contribution in [0.4, 0.5) is 0 Å². The van der Waals surface area contributed by atoms with Crippen LogP contribution in [0.15, 0.2) is 46.9 Å². The fourth-order valence-electron chi connectivity index (χ4n) is 1.75. The van der Waals surface area contributed by atoms with E-state index in [-0.39, 0.29) is 6.61 Å². The summed E-state index contributed by atoms with van der Waals surface area (Å²) in [6.45, 7) is 2.14. The topological polar surface area (TPSA) is 20.2 Å². The second kappa shape index (κ2) is 4.81. The van der Waals surface area contributed by atoms with Gasteiger partial charge in [0.25, 0.3) is 0 Å². The quantitative estimate of drug-likeness (QED) is 0.882. The van der Waals surface area contributed by atoms with Crippen molar-refractivity contribution < 1.29 is 5.11 Å². The molecule has 0 aromatic heterocycles. The van der Waals surface area contributed by atoms with Crippen molar-refractivity contribution >= 4 is 15.9 Å². The van der Waals surface area contributed by atoms with Crippen LogP contribution in [0, 0.1) is 6.92 Å². The molecule has 16 heavy (non-hydrogen) atoms. The molecule has 0 spiro atoms. The zero-order chi connectivity index (χ0) is 11.5. The Hall–Kier alpha value is -1.12. The van der Waals surface area contributed by atoms with Gasteiger partial charge in [-0.25, -0.2) is 0 Å². The normalized spacial score (nSPS) is 10.4. The van der Waals surface area contributed by atoms with E-state index < -0.39 is 0 Å². The highest BCUT2D eigenvalue weighted by Gasteiger charge is 2.04. The Bertz CT molecular complexity index is 506. The highest BCUT2D eigenvalue weighted by Crippen LogP contribution is 2.27.